The van der Waals surface area contributed by atoms with Gasteiger partial charge in [-0.2, -0.15) is 0 Å². The van der Waals surface area contributed by atoms with Gasteiger partial charge in [0.15, 0.2) is 0 Å². The average molecular weight is 114 g/mol. The molecular weight excluding hydrogens is 104 g/mol. The maximum absolute atomic E-state index is 9.09. The van der Waals surface area contributed by atoms with Crippen molar-refractivity contribution in [2.45, 2.75) is 37.6 Å². The Hall–Kier alpha value is -0.0800. The summed E-state index contributed by atoms with van der Waals surface area (Å²) in [6, 6.07) is 0. The van der Waals surface area contributed by atoms with Crippen LogP contribution in [0.4, 0.5) is 0 Å². The van der Waals surface area contributed by atoms with E-state index < -0.39 is 0 Å². The van der Waals surface area contributed by atoms with Gasteiger partial charge in [-0.25, -0.2) is 0 Å². The van der Waals surface area contributed by atoms with Gasteiger partial charge in [0.05, 0.1) is 18.3 Å². The summed E-state index contributed by atoms with van der Waals surface area (Å²) in [4.78, 5) is 0. The van der Waals surface area contributed by atoms with Crippen LogP contribution < -0.4 is 0 Å². The second-order valence-corrected chi connectivity index (χ2v) is 2.68. The van der Waals surface area contributed by atoms with Crippen LogP contribution in [0.5, 0.6) is 0 Å². The fourth-order valence-corrected chi connectivity index (χ4v) is 1.61. The molecule has 2 rings (SSSR count). The van der Waals surface area contributed by atoms with Crippen molar-refractivity contribution in [1.29, 1.82) is 0 Å². The largest absolute Gasteiger partial charge is 0.390 e. The number of hydrogen-bond donors (Lipinski definition) is 1. The van der Waals surface area contributed by atoms with E-state index in [0.717, 1.165) is 12.8 Å². The maximum atomic E-state index is 9.09. The van der Waals surface area contributed by atoms with Crippen LogP contribution in [-0.2, 0) is 4.74 Å². The highest BCUT2D eigenvalue weighted by atomic mass is 16.5. The molecule has 0 unspecified atom stereocenters. The van der Waals surface area contributed by atoms with Crippen molar-refractivity contribution < 1.29 is 9.84 Å². The average Bonchev–Trinajstić information content (AvgIpc) is 2.23. The molecule has 2 aliphatic heterocycles. The van der Waals surface area contributed by atoms with Crippen molar-refractivity contribution in [3.8, 4) is 0 Å². The minimum Gasteiger partial charge on any atom is -0.390 e. The fourth-order valence-electron chi connectivity index (χ4n) is 1.61. The van der Waals surface area contributed by atoms with E-state index in [0.29, 0.717) is 6.10 Å². The number of fused-ring (bicyclic) bond motifs is 2. The Kier molecular flexibility index (Phi) is 0.866. The first-order valence-corrected chi connectivity index (χ1v) is 3.20. The number of ether oxygens (including phenoxy) is 1. The van der Waals surface area contributed by atoms with Crippen molar-refractivity contribution in [3.63, 3.8) is 0 Å². The summed E-state index contributed by atoms with van der Waals surface area (Å²) in [5.41, 5.74) is 0. The van der Waals surface area contributed by atoms with Gasteiger partial charge in [-0.05, 0) is 12.8 Å². The third-order valence-corrected chi connectivity index (χ3v) is 2.07. The van der Waals surface area contributed by atoms with E-state index >= 15 is 0 Å². The lowest BCUT2D eigenvalue weighted by molar-refractivity contribution is 0.0536. The van der Waals surface area contributed by atoms with Crippen LogP contribution in [0, 0.1) is 0 Å². The van der Waals surface area contributed by atoms with E-state index in [2.05, 4.69) is 0 Å². The molecule has 0 saturated carbocycles. The summed E-state index contributed by atoms with van der Waals surface area (Å²) in [5.74, 6) is 0. The third-order valence-electron chi connectivity index (χ3n) is 2.07. The quantitative estimate of drug-likeness (QED) is 0.490. The molecule has 0 aromatic heterocycles. The van der Waals surface area contributed by atoms with Gasteiger partial charge in [0.25, 0.3) is 0 Å². The van der Waals surface area contributed by atoms with E-state index in [-0.39, 0.29) is 12.2 Å². The molecule has 46 valence electrons. The van der Waals surface area contributed by atoms with Gasteiger partial charge in [-0.1, -0.05) is 0 Å². The van der Waals surface area contributed by atoms with Gasteiger partial charge in [-0.3, -0.25) is 0 Å². The zero-order valence-corrected chi connectivity index (χ0v) is 4.71. The van der Waals surface area contributed by atoms with E-state index in [1.54, 1.807) is 0 Å². The van der Waals surface area contributed by atoms with Crippen LogP contribution in [0.15, 0.2) is 0 Å². The molecule has 0 aromatic rings. The molecule has 0 radical (unpaired) electrons. The van der Waals surface area contributed by atoms with Crippen LogP contribution in [0.3, 0.4) is 0 Å². The summed E-state index contributed by atoms with van der Waals surface area (Å²) in [6.45, 7) is 0. The zero-order valence-electron chi connectivity index (χ0n) is 4.71. The molecule has 2 saturated heterocycles. The standard InChI is InChI=1S/C6H10O2/c7-5-3-4-1-2-6(5)8-4/h4-7H,1-3H2/t4-,5+,6-/m1/s1. The van der Waals surface area contributed by atoms with E-state index in [9.17, 15) is 0 Å². The maximum Gasteiger partial charge on any atom is 0.0839 e. The second-order valence-electron chi connectivity index (χ2n) is 2.68. The molecule has 2 fully saturated rings. The Labute approximate surface area is 48.5 Å². The van der Waals surface area contributed by atoms with Crippen LogP contribution in [0.25, 0.3) is 0 Å². The molecule has 0 amide bonds. The fraction of sp³-hybridized carbons (Fsp3) is 1.00. The Balaban J connectivity index is 2.11. The summed E-state index contributed by atoms with van der Waals surface area (Å²) in [6.07, 6.45) is 3.57. The first kappa shape index (κ1) is 4.77. The van der Waals surface area contributed by atoms with Gasteiger partial charge in [0, 0.05) is 6.42 Å². The van der Waals surface area contributed by atoms with Crippen LogP contribution in [0.2, 0.25) is 0 Å². The van der Waals surface area contributed by atoms with Crippen molar-refractivity contribution in [2.24, 2.45) is 0 Å². The highest BCUT2D eigenvalue weighted by Crippen LogP contribution is 2.33. The smallest absolute Gasteiger partial charge is 0.0839 e. The molecule has 0 spiro atoms. The van der Waals surface area contributed by atoms with Crippen LogP contribution in [-0.4, -0.2) is 23.4 Å². The SMILES string of the molecule is O[C@H]1C[C@H]2CC[C@H]1O2. The molecule has 2 bridgehead atoms. The van der Waals surface area contributed by atoms with Crippen molar-refractivity contribution in [2.75, 3.05) is 0 Å². The van der Waals surface area contributed by atoms with E-state index in [4.69, 9.17) is 9.84 Å². The lowest BCUT2D eigenvalue weighted by Crippen LogP contribution is -2.20. The van der Waals surface area contributed by atoms with Gasteiger partial charge in [0.2, 0.25) is 0 Å². The zero-order chi connectivity index (χ0) is 5.56. The highest BCUT2D eigenvalue weighted by molar-refractivity contribution is 4.88. The van der Waals surface area contributed by atoms with Gasteiger partial charge in [0.1, 0.15) is 0 Å². The Bertz CT molecular complexity index is 101. The second kappa shape index (κ2) is 1.45. The van der Waals surface area contributed by atoms with E-state index in [1.165, 1.54) is 6.42 Å². The highest BCUT2D eigenvalue weighted by Gasteiger charge is 2.39. The summed E-state index contributed by atoms with van der Waals surface area (Å²) >= 11 is 0. The first-order valence-electron chi connectivity index (χ1n) is 3.20. The Morgan fingerprint density at radius 3 is 2.50 bits per heavy atom. The minimum atomic E-state index is -0.145. The summed E-state index contributed by atoms with van der Waals surface area (Å²) in [7, 11) is 0. The number of aliphatic hydroxyl groups excluding tert-OH is 1. The predicted octanol–water partition coefficient (Wildman–Crippen LogP) is 0.299. The molecule has 2 aliphatic rings. The van der Waals surface area contributed by atoms with Crippen LogP contribution >= 0.6 is 0 Å². The van der Waals surface area contributed by atoms with Crippen molar-refractivity contribution in [1.82, 2.24) is 0 Å². The molecule has 1 N–H and O–H groups in total. The molecule has 2 heteroatoms. The summed E-state index contributed by atoms with van der Waals surface area (Å²) in [5, 5.41) is 9.09. The first-order chi connectivity index (χ1) is 3.86. The van der Waals surface area contributed by atoms with Gasteiger partial charge >= 0.3 is 0 Å². The topological polar surface area (TPSA) is 29.5 Å². The predicted molar refractivity (Wildman–Crippen MR) is 28.5 cm³/mol. The minimum absolute atomic E-state index is 0.145. The van der Waals surface area contributed by atoms with Gasteiger partial charge in [-0.15, -0.1) is 0 Å². The number of hydrogen-bond acceptors (Lipinski definition) is 2. The molecule has 8 heavy (non-hydrogen) atoms. The lowest BCUT2D eigenvalue weighted by atomic mass is 9.98. The summed E-state index contributed by atoms with van der Waals surface area (Å²) < 4.78 is 5.33. The van der Waals surface area contributed by atoms with E-state index in [1.807, 2.05) is 0 Å². The Morgan fingerprint density at radius 1 is 1.38 bits per heavy atom. The normalized spacial score (nSPS) is 52.9. The molecule has 3 atom stereocenters. The molecule has 2 nitrogen and oxygen atoms in total. The number of rotatable bonds is 0. The third kappa shape index (κ3) is 0.501. The molecule has 0 aromatic carbocycles. The van der Waals surface area contributed by atoms with Crippen molar-refractivity contribution in [3.05, 3.63) is 0 Å². The number of aliphatic hydroxyl groups is 1. The molecule has 0 aliphatic carbocycles. The van der Waals surface area contributed by atoms with Crippen molar-refractivity contribution >= 4 is 0 Å². The molecular formula is C6H10O2. The monoisotopic (exact) mass is 114 g/mol. The lowest BCUT2D eigenvalue weighted by Gasteiger charge is -2.10. The Morgan fingerprint density at radius 2 is 2.25 bits per heavy atom. The molecule has 2 heterocycles. The van der Waals surface area contributed by atoms with Crippen LogP contribution in [0.1, 0.15) is 19.3 Å². The van der Waals surface area contributed by atoms with Gasteiger partial charge < -0.3 is 9.84 Å².